The van der Waals surface area contributed by atoms with E-state index in [0.29, 0.717) is 0 Å². The van der Waals surface area contributed by atoms with Crippen molar-refractivity contribution in [1.82, 2.24) is 0 Å². The van der Waals surface area contributed by atoms with E-state index in [9.17, 15) is 14.4 Å². The largest absolute Gasteiger partial charge is 2.00 e. The van der Waals surface area contributed by atoms with Gasteiger partial charge in [-0.3, -0.25) is 9.59 Å². The van der Waals surface area contributed by atoms with Crippen LogP contribution < -0.4 is 51.4 Å². The van der Waals surface area contributed by atoms with Crippen molar-refractivity contribution in [3.05, 3.63) is 0 Å². The van der Waals surface area contributed by atoms with Gasteiger partial charge in [-0.05, 0) is 0 Å². The first kappa shape index (κ1) is 21.1. The second-order valence-corrected chi connectivity index (χ2v) is 2.48. The molecule has 0 fully saturated rings. The Kier molecular flexibility index (Phi) is 12.5. The zero-order chi connectivity index (χ0) is 10.6. The number of carboxylic acids is 3. The van der Waals surface area contributed by atoms with Crippen molar-refractivity contribution in [2.45, 2.75) is 18.4 Å². The van der Waals surface area contributed by atoms with Crippen LogP contribution in [0.4, 0.5) is 0 Å². The summed E-state index contributed by atoms with van der Waals surface area (Å²) < 4.78 is 0. The molecule has 0 unspecified atom stereocenters. The molecular weight excluding hydrogens is 247 g/mol. The van der Waals surface area contributed by atoms with Crippen molar-refractivity contribution in [1.29, 1.82) is 0 Å². The number of hydrogen-bond acceptors (Lipinski definition) is 4. The van der Waals surface area contributed by atoms with Crippen LogP contribution in [0.3, 0.4) is 0 Å². The van der Waals surface area contributed by atoms with E-state index in [2.05, 4.69) is 0 Å². The topological polar surface area (TPSA) is 132 Å². The summed E-state index contributed by atoms with van der Waals surface area (Å²) in [6.07, 6.45) is -2.29. The van der Waals surface area contributed by atoms with Crippen molar-refractivity contribution in [2.24, 2.45) is 0 Å². The number of aliphatic hydroxyl groups is 1. The molecule has 0 aliphatic heterocycles. The van der Waals surface area contributed by atoms with E-state index in [0.717, 1.165) is 0 Å². The molecule has 0 saturated carbocycles. The Morgan fingerprint density at radius 2 is 1.27 bits per heavy atom. The van der Waals surface area contributed by atoms with Crippen LogP contribution in [0.5, 0.6) is 0 Å². The van der Waals surface area contributed by atoms with Gasteiger partial charge in [-0.25, -0.2) is 4.79 Å². The molecule has 0 amide bonds. The van der Waals surface area contributed by atoms with Gasteiger partial charge in [-0.2, -0.15) is 0 Å². The fourth-order valence-electron chi connectivity index (χ4n) is 0.714. The molecule has 0 aromatic rings. The van der Waals surface area contributed by atoms with Gasteiger partial charge in [0.1, 0.15) is 0 Å². The van der Waals surface area contributed by atoms with Crippen LogP contribution in [0.15, 0.2) is 0 Å². The number of carboxylic acid groups (broad SMARTS) is 3. The molecule has 0 aliphatic rings. The summed E-state index contributed by atoms with van der Waals surface area (Å²) in [4.78, 5) is 30.5. The van der Waals surface area contributed by atoms with Gasteiger partial charge in [0.05, 0.1) is 12.8 Å². The average Bonchev–Trinajstić information content (AvgIpc) is 1.82. The van der Waals surface area contributed by atoms with Gasteiger partial charge < -0.3 is 24.7 Å². The van der Waals surface area contributed by atoms with E-state index in [1.54, 1.807) is 0 Å². The summed E-state index contributed by atoms with van der Waals surface area (Å²) in [6, 6.07) is 0. The van der Waals surface area contributed by atoms with Gasteiger partial charge in [0.25, 0.3) is 0 Å². The minimum absolute atomic E-state index is 0. The molecule has 0 aromatic heterocycles. The van der Waals surface area contributed by atoms with Crippen molar-refractivity contribution in [3.63, 3.8) is 0 Å². The minimum Gasteiger partial charge on any atom is -1.00 e. The molecule has 0 rings (SSSR count). The van der Waals surface area contributed by atoms with Gasteiger partial charge in [-0.15, -0.1) is 0 Å². The second kappa shape index (κ2) is 8.87. The zero-order valence-electron chi connectivity index (χ0n) is 11.1. The first-order valence-corrected chi connectivity index (χ1v) is 3.17. The molecule has 80 valence electrons. The molecule has 9 heteroatoms. The van der Waals surface area contributed by atoms with Crippen LogP contribution in [-0.4, -0.2) is 67.0 Å². The van der Waals surface area contributed by atoms with Crippen molar-refractivity contribution in [2.75, 3.05) is 0 Å². The fourth-order valence-corrected chi connectivity index (χ4v) is 0.714. The Balaban J connectivity index is -0.0000000720. The van der Waals surface area contributed by atoms with Crippen LogP contribution in [0.25, 0.3) is 0 Å². The van der Waals surface area contributed by atoms with E-state index in [4.69, 9.17) is 20.4 Å². The van der Waals surface area contributed by atoms with Gasteiger partial charge >= 0.3 is 92.3 Å². The summed E-state index contributed by atoms with van der Waals surface area (Å²) >= 11 is 0. The predicted molar refractivity (Wildman–Crippen MR) is 46.2 cm³/mol. The summed E-state index contributed by atoms with van der Waals surface area (Å²) in [6.45, 7) is 0. The maximum atomic E-state index is 10.3. The summed E-state index contributed by atoms with van der Waals surface area (Å²) in [5.41, 5.74) is -2.74. The van der Waals surface area contributed by atoms with Crippen LogP contribution in [0.1, 0.15) is 17.1 Å². The fraction of sp³-hybridized carbons (Fsp3) is 0.500. The van der Waals surface area contributed by atoms with Crippen LogP contribution in [-0.2, 0) is 14.4 Å². The number of aliphatic carboxylic acids is 3. The Labute approximate surface area is 148 Å². The molecule has 0 aliphatic carbocycles. The summed E-state index contributed by atoms with van der Waals surface area (Å²) in [7, 11) is 0. The number of rotatable bonds is 5. The average molecular weight is 259 g/mol. The van der Waals surface area contributed by atoms with E-state index < -0.39 is 36.4 Å². The van der Waals surface area contributed by atoms with Crippen LogP contribution in [0, 0.1) is 0 Å². The monoisotopic (exact) mass is 258 g/mol. The minimum atomic E-state index is -2.74. The molecule has 0 saturated heterocycles. The molecule has 7 nitrogen and oxygen atoms in total. The van der Waals surface area contributed by atoms with Gasteiger partial charge in [0, 0.05) is 0 Å². The predicted octanol–water partition coefficient (Wildman–Crippen LogP) is -4.29. The van der Waals surface area contributed by atoms with Gasteiger partial charge in [0.15, 0.2) is 5.60 Å². The molecular formula is C6H11KMgO7. The molecule has 0 aromatic carbocycles. The van der Waals surface area contributed by atoms with Crippen LogP contribution >= 0.6 is 0 Å². The Morgan fingerprint density at radius 1 is 1.00 bits per heavy atom. The maximum Gasteiger partial charge on any atom is 2.00 e. The SMILES string of the molecule is O=C(O)CC(O)(CC(=O)O)C(=O)O.[H-].[H-].[H-].[K+].[Mg+2]. The number of carbonyl (C=O) groups is 3. The van der Waals surface area contributed by atoms with Crippen LogP contribution in [0.2, 0.25) is 0 Å². The maximum absolute atomic E-state index is 10.3. The van der Waals surface area contributed by atoms with Gasteiger partial charge in [0.2, 0.25) is 0 Å². The Bertz CT molecular complexity index is 250. The molecule has 0 atom stereocenters. The quantitative estimate of drug-likeness (QED) is 0.367. The first-order chi connectivity index (χ1) is 5.78. The molecule has 15 heavy (non-hydrogen) atoms. The van der Waals surface area contributed by atoms with E-state index >= 15 is 0 Å². The molecule has 0 bridgehead atoms. The summed E-state index contributed by atoms with van der Waals surface area (Å²) in [5, 5.41) is 33.8. The standard InChI is InChI=1S/C6H8O7.K.Mg.3H/c7-3(8)1-6(13,5(11)12)2-4(9)10;;;;;/h13H,1-2H2,(H,7,8)(H,9,10)(H,11,12);;;;;/q;+1;+2;3*-1. The first-order valence-electron chi connectivity index (χ1n) is 3.17. The normalized spacial score (nSPS) is 9.40. The molecule has 0 radical (unpaired) electrons. The molecule has 4 N–H and O–H groups in total. The van der Waals surface area contributed by atoms with Crippen molar-refractivity contribution < 1.29 is 90.5 Å². The van der Waals surface area contributed by atoms with E-state index in [1.165, 1.54) is 0 Å². The third kappa shape index (κ3) is 8.57. The Hall–Kier alpha value is 0.773. The molecule has 0 spiro atoms. The van der Waals surface area contributed by atoms with Gasteiger partial charge in [-0.1, -0.05) is 0 Å². The Morgan fingerprint density at radius 3 is 1.40 bits per heavy atom. The van der Waals surface area contributed by atoms with E-state index in [-0.39, 0.29) is 78.7 Å². The smallest absolute Gasteiger partial charge is 1.00 e. The van der Waals surface area contributed by atoms with Crippen molar-refractivity contribution in [3.8, 4) is 0 Å². The third-order valence-corrected chi connectivity index (χ3v) is 1.29. The third-order valence-electron chi connectivity index (χ3n) is 1.29. The number of hydrogen-bond donors (Lipinski definition) is 4. The zero-order valence-corrected chi connectivity index (χ0v) is 12.7. The van der Waals surface area contributed by atoms with E-state index in [1.807, 2.05) is 0 Å². The van der Waals surface area contributed by atoms with Crippen molar-refractivity contribution >= 4 is 41.0 Å². The summed E-state index contributed by atoms with van der Waals surface area (Å²) in [5.74, 6) is -5.02. The second-order valence-electron chi connectivity index (χ2n) is 2.48. The molecule has 0 heterocycles.